The maximum Gasteiger partial charge on any atom is 0.244 e. The minimum Gasteiger partial charge on any atom is -0.493 e. The molecule has 3 aromatic carbocycles. The van der Waals surface area contributed by atoms with Crippen LogP contribution in [-0.4, -0.2) is 41.0 Å². The molecule has 3 aromatic rings. The molecule has 8 nitrogen and oxygen atoms in total. The summed E-state index contributed by atoms with van der Waals surface area (Å²) in [5.41, 5.74) is 2.15. The predicted octanol–water partition coefficient (Wildman–Crippen LogP) is 3.90. The lowest BCUT2D eigenvalue weighted by molar-refractivity contribution is -0.121. The van der Waals surface area contributed by atoms with Gasteiger partial charge in [0.2, 0.25) is 11.8 Å². The summed E-state index contributed by atoms with van der Waals surface area (Å²) in [6.45, 7) is 1.58. The van der Waals surface area contributed by atoms with Crippen LogP contribution in [0.1, 0.15) is 22.8 Å². The van der Waals surface area contributed by atoms with Crippen molar-refractivity contribution in [1.29, 1.82) is 0 Å². The van der Waals surface area contributed by atoms with E-state index in [2.05, 4.69) is 5.32 Å². The molecule has 1 aliphatic rings. The average molecular weight is 495 g/mol. The van der Waals surface area contributed by atoms with Gasteiger partial charge in [-0.25, -0.2) is 8.42 Å². The second-order valence-electron chi connectivity index (χ2n) is 8.22. The summed E-state index contributed by atoms with van der Waals surface area (Å²) in [5, 5.41) is 1.63. The van der Waals surface area contributed by atoms with Gasteiger partial charge in [-0.15, -0.1) is 0 Å². The Labute approximate surface area is 204 Å². The van der Waals surface area contributed by atoms with E-state index in [9.17, 15) is 18.0 Å². The number of carbonyl (C=O) groups excluding carboxylic acids is 2. The fourth-order valence-corrected chi connectivity index (χ4v) is 6.09. The Kier molecular flexibility index (Phi) is 6.79. The maximum atomic E-state index is 13.7. The Morgan fingerprint density at radius 2 is 1.74 bits per heavy atom. The van der Waals surface area contributed by atoms with Crippen molar-refractivity contribution in [2.24, 2.45) is 0 Å². The summed E-state index contributed by atoms with van der Waals surface area (Å²) in [6, 6.07) is 18.3. The van der Waals surface area contributed by atoms with E-state index in [1.54, 1.807) is 42.5 Å². The molecular formula is C26H26N2O6S. The second-order valence-corrected chi connectivity index (χ2v) is 10.3. The van der Waals surface area contributed by atoms with Crippen molar-refractivity contribution in [2.75, 3.05) is 31.0 Å². The SMILES string of the molecule is COc1ccc([C@@H]2CC(=O)N(CC(=O)Nc3cccc(C)c3)c3ccccc3S2(=O)=O)cc1OC. The van der Waals surface area contributed by atoms with Crippen LogP contribution < -0.4 is 19.7 Å². The number of hydrogen-bond donors (Lipinski definition) is 1. The minimum atomic E-state index is -3.97. The van der Waals surface area contributed by atoms with Crippen LogP contribution in [-0.2, 0) is 19.4 Å². The average Bonchev–Trinajstić information content (AvgIpc) is 2.92. The minimum absolute atomic E-state index is 0.00556. The molecule has 1 aliphatic heterocycles. The zero-order valence-electron chi connectivity index (χ0n) is 19.6. The van der Waals surface area contributed by atoms with E-state index in [0.717, 1.165) is 5.56 Å². The molecule has 0 fully saturated rings. The highest BCUT2D eigenvalue weighted by molar-refractivity contribution is 7.92. The smallest absolute Gasteiger partial charge is 0.244 e. The number of para-hydroxylation sites is 1. The van der Waals surface area contributed by atoms with Crippen LogP contribution in [0.5, 0.6) is 11.5 Å². The zero-order valence-corrected chi connectivity index (χ0v) is 20.5. The number of benzene rings is 3. The number of amides is 2. The van der Waals surface area contributed by atoms with E-state index in [1.165, 1.54) is 25.2 Å². The number of nitrogens with zero attached hydrogens (tertiary/aromatic N) is 1. The van der Waals surface area contributed by atoms with Gasteiger partial charge in [-0.3, -0.25) is 9.59 Å². The van der Waals surface area contributed by atoms with E-state index < -0.39 is 26.9 Å². The predicted molar refractivity (Wildman–Crippen MR) is 133 cm³/mol. The van der Waals surface area contributed by atoms with E-state index in [1.807, 2.05) is 25.1 Å². The molecule has 1 N–H and O–H groups in total. The van der Waals surface area contributed by atoms with Gasteiger partial charge in [0.15, 0.2) is 21.3 Å². The molecular weight excluding hydrogens is 468 g/mol. The highest BCUT2D eigenvalue weighted by Gasteiger charge is 2.40. The van der Waals surface area contributed by atoms with Gasteiger partial charge in [-0.05, 0) is 54.4 Å². The van der Waals surface area contributed by atoms with Crippen LogP contribution in [0.3, 0.4) is 0 Å². The monoisotopic (exact) mass is 494 g/mol. The standard InChI is InChI=1S/C26H26N2O6S/c1-17-7-6-8-19(13-17)27-25(29)16-28-20-9-4-5-10-23(20)35(31,32)24(15-26(28)30)18-11-12-21(33-2)22(14-18)34-3/h4-14,24H,15-16H2,1-3H3,(H,27,29)/t24-/m0/s1. The van der Waals surface area contributed by atoms with Crippen LogP contribution in [0.15, 0.2) is 71.6 Å². The number of carbonyl (C=O) groups is 2. The number of nitrogens with one attached hydrogen (secondary N) is 1. The third kappa shape index (κ3) is 4.85. The zero-order chi connectivity index (χ0) is 25.2. The summed E-state index contributed by atoms with van der Waals surface area (Å²) >= 11 is 0. The van der Waals surface area contributed by atoms with Crippen LogP contribution in [0, 0.1) is 6.92 Å². The molecule has 9 heteroatoms. The molecule has 1 heterocycles. The van der Waals surface area contributed by atoms with Gasteiger partial charge in [0.05, 0.1) is 30.1 Å². The summed E-state index contributed by atoms with van der Waals surface area (Å²) in [5.74, 6) is -0.0959. The van der Waals surface area contributed by atoms with Gasteiger partial charge >= 0.3 is 0 Å². The first-order chi connectivity index (χ1) is 16.7. The topological polar surface area (TPSA) is 102 Å². The molecule has 0 saturated carbocycles. The molecule has 0 spiro atoms. The number of fused-ring (bicyclic) bond motifs is 1. The summed E-state index contributed by atoms with van der Waals surface area (Å²) in [7, 11) is -1.03. The fourth-order valence-electron chi connectivity index (χ4n) is 4.18. The van der Waals surface area contributed by atoms with Crippen molar-refractivity contribution in [3.8, 4) is 11.5 Å². The quantitative estimate of drug-likeness (QED) is 0.558. The molecule has 35 heavy (non-hydrogen) atoms. The Bertz CT molecular complexity index is 1390. The highest BCUT2D eigenvalue weighted by atomic mass is 32.2. The first kappa shape index (κ1) is 24.3. The number of rotatable bonds is 6. The van der Waals surface area contributed by atoms with Gasteiger partial charge in [0, 0.05) is 12.1 Å². The lowest BCUT2D eigenvalue weighted by Gasteiger charge is -2.22. The molecule has 2 amide bonds. The summed E-state index contributed by atoms with van der Waals surface area (Å²) < 4.78 is 38.1. The Balaban J connectivity index is 1.71. The summed E-state index contributed by atoms with van der Waals surface area (Å²) in [6.07, 6.45) is -0.329. The maximum absolute atomic E-state index is 13.7. The van der Waals surface area contributed by atoms with Crippen LogP contribution in [0.2, 0.25) is 0 Å². The van der Waals surface area contributed by atoms with Crippen molar-refractivity contribution in [3.63, 3.8) is 0 Å². The van der Waals surface area contributed by atoms with Crippen molar-refractivity contribution in [1.82, 2.24) is 0 Å². The third-order valence-electron chi connectivity index (χ3n) is 5.88. The van der Waals surface area contributed by atoms with Gasteiger partial charge in [0.25, 0.3) is 0 Å². The largest absolute Gasteiger partial charge is 0.493 e. The molecule has 0 bridgehead atoms. The van der Waals surface area contributed by atoms with Crippen LogP contribution in [0.25, 0.3) is 0 Å². The van der Waals surface area contributed by atoms with Gasteiger partial charge in [0.1, 0.15) is 6.54 Å². The number of hydrogen-bond acceptors (Lipinski definition) is 6. The first-order valence-corrected chi connectivity index (χ1v) is 12.5. The molecule has 0 aromatic heterocycles. The first-order valence-electron chi connectivity index (χ1n) is 11.0. The molecule has 0 aliphatic carbocycles. The highest BCUT2D eigenvalue weighted by Crippen LogP contribution is 2.42. The molecule has 0 saturated heterocycles. The number of methoxy groups -OCH3 is 2. The van der Waals surface area contributed by atoms with E-state index in [4.69, 9.17) is 9.47 Å². The van der Waals surface area contributed by atoms with Crippen LogP contribution >= 0.6 is 0 Å². The molecule has 4 rings (SSSR count). The Morgan fingerprint density at radius 3 is 2.46 bits per heavy atom. The normalized spacial score (nSPS) is 16.7. The van der Waals surface area contributed by atoms with Crippen LogP contribution in [0.4, 0.5) is 11.4 Å². The number of ether oxygens (including phenoxy) is 2. The Hall–Kier alpha value is -3.85. The van der Waals surface area contributed by atoms with Crippen molar-refractivity contribution in [2.45, 2.75) is 23.5 Å². The third-order valence-corrected chi connectivity index (χ3v) is 8.03. The number of aryl methyl sites for hydroxylation is 1. The fraction of sp³-hybridized carbons (Fsp3) is 0.231. The van der Waals surface area contributed by atoms with Crippen molar-refractivity contribution >= 4 is 33.0 Å². The van der Waals surface area contributed by atoms with Gasteiger partial charge < -0.3 is 19.7 Å². The van der Waals surface area contributed by atoms with E-state index in [0.29, 0.717) is 22.7 Å². The molecule has 1 atom stereocenters. The van der Waals surface area contributed by atoms with E-state index in [-0.39, 0.29) is 23.5 Å². The number of sulfone groups is 1. The second kappa shape index (κ2) is 9.79. The molecule has 0 unspecified atom stereocenters. The van der Waals surface area contributed by atoms with Crippen molar-refractivity contribution < 1.29 is 27.5 Å². The molecule has 182 valence electrons. The van der Waals surface area contributed by atoms with E-state index >= 15 is 0 Å². The van der Waals surface area contributed by atoms with Gasteiger partial charge in [-0.2, -0.15) is 0 Å². The summed E-state index contributed by atoms with van der Waals surface area (Å²) in [4.78, 5) is 27.5. The number of anilines is 2. The van der Waals surface area contributed by atoms with Crippen molar-refractivity contribution in [3.05, 3.63) is 77.9 Å². The lowest BCUT2D eigenvalue weighted by Crippen LogP contribution is -2.38. The Morgan fingerprint density at radius 1 is 1.00 bits per heavy atom. The molecule has 0 radical (unpaired) electrons. The van der Waals surface area contributed by atoms with Gasteiger partial charge in [-0.1, -0.05) is 30.3 Å². The lowest BCUT2D eigenvalue weighted by atomic mass is 10.1.